The van der Waals surface area contributed by atoms with Crippen molar-refractivity contribution in [2.45, 2.75) is 6.92 Å². The van der Waals surface area contributed by atoms with E-state index in [1.165, 1.54) is 12.1 Å². The molecule has 1 atom stereocenters. The molecule has 2 aromatic rings. The number of aromatic carboxylic acids is 1. The van der Waals surface area contributed by atoms with Gasteiger partial charge in [-0.05, 0) is 31.2 Å². The van der Waals surface area contributed by atoms with E-state index in [1.54, 1.807) is 36.4 Å². The zero-order valence-electron chi connectivity index (χ0n) is 10.7. The van der Waals surface area contributed by atoms with Gasteiger partial charge in [-0.25, -0.2) is 13.3 Å². The molecule has 0 fully saturated rings. The lowest BCUT2D eigenvalue weighted by Crippen LogP contribution is -2.21. The summed E-state index contributed by atoms with van der Waals surface area (Å²) in [6, 6.07) is 13.0. The Balaban J connectivity index is 2.58. The largest absolute Gasteiger partial charge is 0.478 e. The van der Waals surface area contributed by atoms with Crippen LogP contribution in [0, 0.1) is 6.92 Å². The van der Waals surface area contributed by atoms with Gasteiger partial charge in [-0.3, -0.25) is 4.55 Å². The number of carbonyl (C=O) groups is 1. The molecule has 20 heavy (non-hydrogen) atoms. The first-order chi connectivity index (χ1) is 9.50. The van der Waals surface area contributed by atoms with Crippen LogP contribution in [-0.2, 0) is 11.3 Å². The van der Waals surface area contributed by atoms with E-state index >= 15 is 0 Å². The van der Waals surface area contributed by atoms with E-state index in [-0.39, 0.29) is 11.3 Å². The summed E-state index contributed by atoms with van der Waals surface area (Å²) in [7, 11) is 0. The zero-order chi connectivity index (χ0) is 14.7. The van der Waals surface area contributed by atoms with E-state index in [4.69, 9.17) is 0 Å². The first kappa shape index (κ1) is 14.2. The zero-order valence-corrected chi connectivity index (χ0v) is 11.5. The second kappa shape index (κ2) is 5.85. The number of benzene rings is 2. The molecule has 5 nitrogen and oxygen atoms in total. The Morgan fingerprint density at radius 1 is 1.10 bits per heavy atom. The van der Waals surface area contributed by atoms with E-state index in [2.05, 4.69) is 0 Å². The Kier molecular flexibility index (Phi) is 4.16. The minimum atomic E-state index is -2.37. The number of hydrogen-bond donors (Lipinski definition) is 2. The van der Waals surface area contributed by atoms with Crippen molar-refractivity contribution in [2.24, 2.45) is 0 Å². The first-order valence-electron chi connectivity index (χ1n) is 5.81. The summed E-state index contributed by atoms with van der Waals surface area (Å²) in [5.74, 6) is -1.15. The van der Waals surface area contributed by atoms with Gasteiger partial charge in [-0.2, -0.15) is 0 Å². The molecule has 2 rings (SSSR count). The van der Waals surface area contributed by atoms with Gasteiger partial charge in [-0.1, -0.05) is 29.8 Å². The normalized spacial score (nSPS) is 11.9. The fourth-order valence-electron chi connectivity index (χ4n) is 1.83. The Labute approximate surface area is 118 Å². The van der Waals surface area contributed by atoms with Crippen LogP contribution in [0.25, 0.3) is 0 Å². The highest BCUT2D eigenvalue weighted by atomic mass is 32.2. The van der Waals surface area contributed by atoms with Crippen LogP contribution in [-0.4, -0.2) is 19.8 Å². The SMILES string of the molecule is Cc1ccc(N(c2ccccc2C(=O)O)S(=O)O)cc1. The standard InChI is InChI=1S/C14H13NO4S/c1-10-6-8-11(9-7-10)15(20(18)19)13-5-3-2-4-12(13)14(16)17/h2-9H,1H3,(H,16,17)(H,18,19). The number of para-hydroxylation sites is 1. The molecular formula is C14H13NO4S. The summed E-state index contributed by atoms with van der Waals surface area (Å²) >= 11 is -2.37. The predicted octanol–water partition coefficient (Wildman–Crippen LogP) is 2.97. The number of carboxylic acids is 1. The van der Waals surface area contributed by atoms with Crippen molar-refractivity contribution < 1.29 is 18.7 Å². The van der Waals surface area contributed by atoms with Crippen LogP contribution < -0.4 is 4.31 Å². The molecule has 2 aromatic carbocycles. The number of aryl methyl sites for hydroxylation is 1. The maximum absolute atomic E-state index is 11.6. The van der Waals surface area contributed by atoms with Crippen molar-refractivity contribution in [1.29, 1.82) is 0 Å². The summed E-state index contributed by atoms with van der Waals surface area (Å²) in [4.78, 5) is 11.2. The molecule has 6 heteroatoms. The van der Waals surface area contributed by atoms with Gasteiger partial charge in [0.1, 0.15) is 0 Å². The summed E-state index contributed by atoms with van der Waals surface area (Å²) in [5.41, 5.74) is 1.59. The lowest BCUT2D eigenvalue weighted by atomic mass is 10.1. The van der Waals surface area contributed by atoms with E-state index in [0.717, 1.165) is 9.87 Å². The number of rotatable bonds is 4. The lowest BCUT2D eigenvalue weighted by molar-refractivity contribution is 0.0698. The molecule has 0 bridgehead atoms. The third kappa shape index (κ3) is 2.87. The van der Waals surface area contributed by atoms with Crippen LogP contribution in [0.3, 0.4) is 0 Å². The molecule has 104 valence electrons. The highest BCUT2D eigenvalue weighted by Gasteiger charge is 2.21. The fraction of sp³-hybridized carbons (Fsp3) is 0.0714. The Bertz CT molecular complexity index is 654. The van der Waals surface area contributed by atoms with Gasteiger partial charge < -0.3 is 5.11 Å². The second-order valence-electron chi connectivity index (χ2n) is 4.18. The smallest absolute Gasteiger partial charge is 0.337 e. The average molecular weight is 291 g/mol. The van der Waals surface area contributed by atoms with Crippen LogP contribution >= 0.6 is 0 Å². The van der Waals surface area contributed by atoms with Crippen molar-refractivity contribution in [3.05, 3.63) is 59.7 Å². The molecule has 1 unspecified atom stereocenters. The maximum Gasteiger partial charge on any atom is 0.337 e. The van der Waals surface area contributed by atoms with Crippen LogP contribution in [0.5, 0.6) is 0 Å². The van der Waals surface area contributed by atoms with Gasteiger partial charge in [0.2, 0.25) is 0 Å². The quantitative estimate of drug-likeness (QED) is 0.849. The first-order valence-corrected chi connectivity index (χ1v) is 6.87. The van der Waals surface area contributed by atoms with E-state index in [9.17, 15) is 18.7 Å². The molecule has 0 aliphatic heterocycles. The minimum Gasteiger partial charge on any atom is -0.478 e. The molecule has 0 amide bonds. The molecule has 2 N–H and O–H groups in total. The summed E-state index contributed by atoms with van der Waals surface area (Å²) in [6.07, 6.45) is 0. The van der Waals surface area contributed by atoms with Crippen molar-refractivity contribution in [3.63, 3.8) is 0 Å². The van der Waals surface area contributed by atoms with E-state index < -0.39 is 17.2 Å². The monoisotopic (exact) mass is 291 g/mol. The third-order valence-corrected chi connectivity index (χ3v) is 3.50. The highest BCUT2D eigenvalue weighted by Crippen LogP contribution is 2.30. The number of hydrogen-bond acceptors (Lipinski definition) is 2. The van der Waals surface area contributed by atoms with Gasteiger partial charge >= 0.3 is 5.97 Å². The van der Waals surface area contributed by atoms with Gasteiger partial charge in [-0.15, -0.1) is 0 Å². The molecule has 0 aliphatic carbocycles. The van der Waals surface area contributed by atoms with Crippen molar-refractivity contribution in [2.75, 3.05) is 4.31 Å². The van der Waals surface area contributed by atoms with Crippen LogP contribution in [0.15, 0.2) is 48.5 Å². The summed E-state index contributed by atoms with van der Waals surface area (Å²) < 4.78 is 22.2. The number of anilines is 2. The number of nitrogens with zero attached hydrogens (tertiary/aromatic N) is 1. The second-order valence-corrected chi connectivity index (χ2v) is 5.01. The fourth-order valence-corrected chi connectivity index (χ4v) is 2.45. The van der Waals surface area contributed by atoms with Crippen LogP contribution in [0.2, 0.25) is 0 Å². The van der Waals surface area contributed by atoms with Crippen molar-refractivity contribution in [1.82, 2.24) is 0 Å². The minimum absolute atomic E-state index is 0.0320. The topological polar surface area (TPSA) is 77.8 Å². The van der Waals surface area contributed by atoms with E-state index in [1.807, 2.05) is 6.92 Å². The van der Waals surface area contributed by atoms with E-state index in [0.29, 0.717) is 5.69 Å². The molecule has 0 saturated heterocycles. The third-order valence-electron chi connectivity index (χ3n) is 2.78. The predicted molar refractivity (Wildman–Crippen MR) is 77.5 cm³/mol. The molecule has 0 heterocycles. The highest BCUT2D eigenvalue weighted by molar-refractivity contribution is 7.81. The van der Waals surface area contributed by atoms with Crippen molar-refractivity contribution in [3.8, 4) is 0 Å². The van der Waals surface area contributed by atoms with Crippen molar-refractivity contribution >= 4 is 28.6 Å². The van der Waals surface area contributed by atoms with Crippen LogP contribution in [0.4, 0.5) is 11.4 Å². The van der Waals surface area contributed by atoms with Gasteiger partial charge in [0.25, 0.3) is 11.3 Å². The maximum atomic E-state index is 11.6. The van der Waals surface area contributed by atoms with Gasteiger partial charge in [0.15, 0.2) is 0 Å². The Morgan fingerprint density at radius 2 is 1.70 bits per heavy atom. The Morgan fingerprint density at radius 3 is 2.25 bits per heavy atom. The summed E-state index contributed by atoms with van der Waals surface area (Å²) in [6.45, 7) is 1.90. The molecule has 0 aliphatic rings. The van der Waals surface area contributed by atoms with Gasteiger partial charge in [0.05, 0.1) is 16.9 Å². The lowest BCUT2D eigenvalue weighted by Gasteiger charge is -2.21. The van der Waals surface area contributed by atoms with Gasteiger partial charge in [0, 0.05) is 0 Å². The van der Waals surface area contributed by atoms with Crippen LogP contribution in [0.1, 0.15) is 15.9 Å². The molecule has 0 radical (unpaired) electrons. The molecule has 0 spiro atoms. The molecule has 0 aromatic heterocycles. The number of carboxylic acid groups (broad SMARTS) is 1. The molecular weight excluding hydrogens is 278 g/mol. The summed E-state index contributed by atoms with van der Waals surface area (Å²) in [5, 5.41) is 9.18. The average Bonchev–Trinajstić information content (AvgIpc) is 2.41. The molecule has 0 saturated carbocycles. The Hall–Kier alpha value is -2.18.